The molecule has 0 aliphatic carbocycles. The molecule has 22 heavy (non-hydrogen) atoms. The molecular weight excluding hydrogens is 285 g/mol. The van der Waals surface area contributed by atoms with Crippen LogP contribution in [0.25, 0.3) is 0 Å². The van der Waals surface area contributed by atoms with E-state index in [1.165, 1.54) is 25.3 Å². The molecule has 1 atom stereocenters. The van der Waals surface area contributed by atoms with Gasteiger partial charge in [-0.2, -0.15) is 0 Å². The van der Waals surface area contributed by atoms with Gasteiger partial charge in [-0.15, -0.1) is 0 Å². The Balaban J connectivity index is 2.24. The van der Waals surface area contributed by atoms with Crippen molar-refractivity contribution in [3.63, 3.8) is 0 Å². The van der Waals surface area contributed by atoms with Crippen molar-refractivity contribution in [1.82, 2.24) is 14.9 Å². The summed E-state index contributed by atoms with van der Waals surface area (Å²) in [5, 5.41) is 2.95. The fourth-order valence-electron chi connectivity index (χ4n) is 2.23. The molecule has 1 amide bonds. The van der Waals surface area contributed by atoms with Crippen LogP contribution in [-0.2, 0) is 7.05 Å². The van der Waals surface area contributed by atoms with E-state index in [0.717, 1.165) is 5.82 Å². The number of benzene rings is 1. The number of nitrogens with zero attached hydrogens (tertiary/aromatic N) is 2. The Kier molecular flexibility index (Phi) is 4.80. The van der Waals surface area contributed by atoms with Crippen molar-refractivity contribution in [2.45, 2.75) is 19.9 Å². The number of rotatable bonds is 5. The minimum absolute atomic E-state index is 0.0470. The smallest absolute Gasteiger partial charge is 0.252 e. The highest BCUT2D eigenvalue weighted by Gasteiger charge is 2.23. The largest absolute Gasteiger partial charge is 0.494 e. The van der Waals surface area contributed by atoms with Gasteiger partial charge in [0.1, 0.15) is 5.82 Å². The van der Waals surface area contributed by atoms with E-state index >= 15 is 0 Å². The number of carbonyl (C=O) groups is 1. The summed E-state index contributed by atoms with van der Waals surface area (Å²) in [6.45, 7) is 4.01. The topological polar surface area (TPSA) is 56.1 Å². The maximum absolute atomic E-state index is 13.4. The average Bonchev–Trinajstić information content (AvgIpc) is 2.90. The normalized spacial score (nSPS) is 12.3. The van der Waals surface area contributed by atoms with Crippen LogP contribution < -0.4 is 10.1 Å². The van der Waals surface area contributed by atoms with Crippen molar-refractivity contribution in [3.05, 3.63) is 47.8 Å². The Labute approximate surface area is 129 Å². The van der Waals surface area contributed by atoms with Crippen molar-refractivity contribution >= 4 is 5.91 Å². The number of ether oxygens (including phenoxy) is 1. The van der Waals surface area contributed by atoms with Gasteiger partial charge in [-0.3, -0.25) is 4.79 Å². The zero-order valence-corrected chi connectivity index (χ0v) is 13.1. The van der Waals surface area contributed by atoms with Crippen molar-refractivity contribution in [2.24, 2.45) is 13.0 Å². The van der Waals surface area contributed by atoms with Crippen molar-refractivity contribution < 1.29 is 13.9 Å². The second kappa shape index (κ2) is 6.60. The Bertz CT molecular complexity index is 667. The molecule has 0 spiro atoms. The highest BCUT2D eigenvalue weighted by atomic mass is 19.1. The zero-order valence-electron chi connectivity index (χ0n) is 13.1. The summed E-state index contributed by atoms with van der Waals surface area (Å²) in [5.41, 5.74) is 0.345. The first-order valence-corrected chi connectivity index (χ1v) is 7.05. The van der Waals surface area contributed by atoms with Crippen LogP contribution in [0.2, 0.25) is 0 Å². The molecule has 1 unspecified atom stereocenters. The summed E-state index contributed by atoms with van der Waals surface area (Å²) in [6.07, 6.45) is 3.52. The number of hydrogen-bond donors (Lipinski definition) is 1. The first-order chi connectivity index (χ1) is 10.4. The van der Waals surface area contributed by atoms with E-state index in [1.54, 1.807) is 6.20 Å². The zero-order chi connectivity index (χ0) is 16.3. The van der Waals surface area contributed by atoms with E-state index in [9.17, 15) is 9.18 Å². The van der Waals surface area contributed by atoms with Crippen LogP contribution in [-0.4, -0.2) is 22.6 Å². The molecule has 1 aromatic heterocycles. The highest BCUT2D eigenvalue weighted by Crippen LogP contribution is 2.22. The van der Waals surface area contributed by atoms with E-state index in [4.69, 9.17) is 4.74 Å². The van der Waals surface area contributed by atoms with Crippen LogP contribution in [0.3, 0.4) is 0 Å². The second-order valence-corrected chi connectivity index (χ2v) is 5.44. The lowest BCUT2D eigenvalue weighted by molar-refractivity contribution is 0.0922. The van der Waals surface area contributed by atoms with Crippen LogP contribution >= 0.6 is 0 Å². The van der Waals surface area contributed by atoms with Gasteiger partial charge in [0.25, 0.3) is 5.91 Å². The van der Waals surface area contributed by atoms with Gasteiger partial charge in [-0.25, -0.2) is 9.37 Å². The molecule has 0 bridgehead atoms. The summed E-state index contributed by atoms with van der Waals surface area (Å²) in [7, 11) is 3.25. The number of aromatic nitrogens is 2. The Morgan fingerprint density at radius 3 is 2.68 bits per heavy atom. The predicted molar refractivity (Wildman–Crippen MR) is 81.2 cm³/mol. The molecule has 0 radical (unpaired) electrons. The van der Waals surface area contributed by atoms with E-state index in [0.29, 0.717) is 5.56 Å². The summed E-state index contributed by atoms with van der Waals surface area (Å²) in [6, 6.07) is 3.81. The molecule has 6 heteroatoms. The second-order valence-electron chi connectivity index (χ2n) is 5.44. The van der Waals surface area contributed by atoms with Gasteiger partial charge >= 0.3 is 0 Å². The van der Waals surface area contributed by atoms with Crippen LogP contribution in [0, 0.1) is 11.7 Å². The maximum Gasteiger partial charge on any atom is 0.252 e. The van der Waals surface area contributed by atoms with Crippen LogP contribution in [0.4, 0.5) is 4.39 Å². The molecule has 1 heterocycles. The number of amides is 1. The summed E-state index contributed by atoms with van der Waals surface area (Å²) < 4.78 is 20.2. The molecule has 118 valence electrons. The Hall–Kier alpha value is -2.37. The highest BCUT2D eigenvalue weighted by molar-refractivity contribution is 5.94. The van der Waals surface area contributed by atoms with E-state index in [-0.39, 0.29) is 23.6 Å². The van der Waals surface area contributed by atoms with Crippen LogP contribution in [0.5, 0.6) is 5.75 Å². The Morgan fingerprint density at radius 2 is 2.14 bits per heavy atom. The molecular formula is C16H20FN3O2. The Morgan fingerprint density at radius 1 is 1.41 bits per heavy atom. The first kappa shape index (κ1) is 16.0. The molecule has 0 aliphatic heterocycles. The van der Waals surface area contributed by atoms with Gasteiger partial charge < -0.3 is 14.6 Å². The third kappa shape index (κ3) is 3.27. The van der Waals surface area contributed by atoms with Crippen LogP contribution in [0.1, 0.15) is 36.1 Å². The fraction of sp³-hybridized carbons (Fsp3) is 0.375. The van der Waals surface area contributed by atoms with Gasteiger partial charge in [0, 0.05) is 25.0 Å². The minimum atomic E-state index is -0.497. The quantitative estimate of drug-likeness (QED) is 0.924. The number of nitrogens with one attached hydrogen (secondary N) is 1. The summed E-state index contributed by atoms with van der Waals surface area (Å²) in [5.74, 6) is 0.194. The molecule has 0 saturated carbocycles. The van der Waals surface area contributed by atoms with E-state index in [1.807, 2.05) is 31.7 Å². The predicted octanol–water partition coefficient (Wildman–Crippen LogP) is 2.69. The maximum atomic E-state index is 13.4. The third-order valence-corrected chi connectivity index (χ3v) is 3.50. The molecule has 0 saturated heterocycles. The molecule has 0 aliphatic rings. The molecule has 2 rings (SSSR count). The molecule has 0 fully saturated rings. The minimum Gasteiger partial charge on any atom is -0.494 e. The van der Waals surface area contributed by atoms with Gasteiger partial charge in [0.05, 0.1) is 13.2 Å². The lowest BCUT2D eigenvalue weighted by Gasteiger charge is -2.22. The van der Waals surface area contributed by atoms with E-state index in [2.05, 4.69) is 10.3 Å². The number of halogens is 1. The number of methoxy groups -OCH3 is 1. The lowest BCUT2D eigenvalue weighted by atomic mass is 10.0. The van der Waals surface area contributed by atoms with Crippen molar-refractivity contribution in [1.29, 1.82) is 0 Å². The molecule has 1 aromatic carbocycles. The van der Waals surface area contributed by atoms with E-state index < -0.39 is 5.82 Å². The molecule has 2 aromatic rings. The monoisotopic (exact) mass is 305 g/mol. The van der Waals surface area contributed by atoms with Crippen molar-refractivity contribution in [3.8, 4) is 5.75 Å². The fourth-order valence-corrected chi connectivity index (χ4v) is 2.23. The number of imidazole rings is 1. The number of carbonyl (C=O) groups excluding carboxylic acids is 1. The third-order valence-electron chi connectivity index (χ3n) is 3.50. The van der Waals surface area contributed by atoms with Gasteiger partial charge in [-0.1, -0.05) is 13.8 Å². The summed E-state index contributed by atoms with van der Waals surface area (Å²) in [4.78, 5) is 16.7. The lowest BCUT2D eigenvalue weighted by Crippen LogP contribution is -2.33. The molecule has 5 nitrogen and oxygen atoms in total. The SMILES string of the molecule is COc1cc(C(=O)NC(c2nccn2C)C(C)C)ccc1F. The summed E-state index contributed by atoms with van der Waals surface area (Å²) >= 11 is 0. The number of aryl methyl sites for hydroxylation is 1. The average molecular weight is 305 g/mol. The van der Waals surface area contributed by atoms with Crippen molar-refractivity contribution in [2.75, 3.05) is 7.11 Å². The standard InChI is InChI=1S/C16H20FN3O2/c1-10(2)14(15-18-7-8-20(15)3)19-16(21)11-5-6-12(17)13(9-11)22-4/h5-10,14H,1-4H3,(H,19,21). The first-order valence-electron chi connectivity index (χ1n) is 7.05. The number of hydrogen-bond acceptors (Lipinski definition) is 3. The molecule has 1 N–H and O–H groups in total. The van der Waals surface area contributed by atoms with Gasteiger partial charge in [-0.05, 0) is 24.1 Å². The van der Waals surface area contributed by atoms with Gasteiger partial charge in [0.15, 0.2) is 11.6 Å². The van der Waals surface area contributed by atoms with Crippen LogP contribution in [0.15, 0.2) is 30.6 Å². The van der Waals surface area contributed by atoms with Gasteiger partial charge in [0.2, 0.25) is 0 Å².